The molecule has 2 heteroatoms. The molecule has 0 aliphatic heterocycles. The number of hydrogen-bond donors (Lipinski definition) is 1. The van der Waals surface area contributed by atoms with Crippen molar-refractivity contribution >= 4 is 0 Å². The van der Waals surface area contributed by atoms with Crippen LogP contribution in [0.25, 0.3) is 0 Å². The Bertz CT molecular complexity index is 267. The van der Waals surface area contributed by atoms with Gasteiger partial charge in [-0.1, -0.05) is 34.6 Å². The van der Waals surface area contributed by atoms with E-state index in [9.17, 15) is 0 Å². The molecule has 0 saturated carbocycles. The summed E-state index contributed by atoms with van der Waals surface area (Å²) in [5.41, 5.74) is 0.273. The zero-order chi connectivity index (χ0) is 14.7. The van der Waals surface area contributed by atoms with Crippen molar-refractivity contribution in [3.8, 4) is 11.8 Å². The van der Waals surface area contributed by atoms with Crippen LogP contribution in [0, 0.1) is 11.8 Å². The molecule has 0 fully saturated rings. The van der Waals surface area contributed by atoms with Gasteiger partial charge in [0, 0.05) is 18.0 Å². The van der Waals surface area contributed by atoms with Crippen LogP contribution in [0.5, 0.6) is 0 Å². The summed E-state index contributed by atoms with van der Waals surface area (Å²) < 4.78 is 0. The number of hydrogen-bond acceptors (Lipinski definition) is 2. The maximum absolute atomic E-state index is 3.72. The van der Waals surface area contributed by atoms with Crippen molar-refractivity contribution in [2.75, 3.05) is 19.6 Å². The van der Waals surface area contributed by atoms with Crippen LogP contribution in [0.2, 0.25) is 0 Å². The smallest absolute Gasteiger partial charge is 0.0357 e. The third-order valence-corrected chi connectivity index (χ3v) is 4.45. The van der Waals surface area contributed by atoms with Crippen LogP contribution < -0.4 is 5.32 Å². The molecule has 0 saturated heterocycles. The van der Waals surface area contributed by atoms with Crippen molar-refractivity contribution in [2.24, 2.45) is 0 Å². The van der Waals surface area contributed by atoms with Crippen LogP contribution >= 0.6 is 0 Å². The first-order valence-corrected chi connectivity index (χ1v) is 8.04. The topological polar surface area (TPSA) is 15.3 Å². The van der Waals surface area contributed by atoms with Crippen molar-refractivity contribution in [1.29, 1.82) is 0 Å². The lowest BCUT2D eigenvalue weighted by atomic mass is 9.80. The van der Waals surface area contributed by atoms with Crippen LogP contribution in [-0.4, -0.2) is 36.1 Å². The summed E-state index contributed by atoms with van der Waals surface area (Å²) in [6.07, 6.45) is 4.54. The molecule has 1 unspecified atom stereocenters. The van der Waals surface area contributed by atoms with Crippen molar-refractivity contribution in [3.63, 3.8) is 0 Å². The molecule has 0 aliphatic carbocycles. The molecule has 112 valence electrons. The SMILES string of the molecule is CC#CCCC(NCC)C(CC)(CC)N(CC)CC. The first kappa shape index (κ1) is 18.5. The Balaban J connectivity index is 5.14. The van der Waals surface area contributed by atoms with E-state index in [1.165, 1.54) is 12.8 Å². The molecule has 0 aromatic rings. The lowest BCUT2D eigenvalue weighted by Crippen LogP contribution is -2.60. The van der Waals surface area contributed by atoms with Crippen LogP contribution in [0.15, 0.2) is 0 Å². The molecule has 0 aromatic carbocycles. The minimum absolute atomic E-state index is 0.273. The summed E-state index contributed by atoms with van der Waals surface area (Å²) >= 11 is 0. The van der Waals surface area contributed by atoms with Crippen LogP contribution in [0.1, 0.15) is 67.2 Å². The van der Waals surface area contributed by atoms with Gasteiger partial charge in [-0.05, 0) is 45.8 Å². The molecule has 0 amide bonds. The maximum atomic E-state index is 3.72. The molecule has 0 spiro atoms. The highest BCUT2D eigenvalue weighted by atomic mass is 15.2. The Labute approximate surface area is 121 Å². The van der Waals surface area contributed by atoms with Gasteiger partial charge in [-0.25, -0.2) is 0 Å². The molecular weight excluding hydrogens is 232 g/mol. The van der Waals surface area contributed by atoms with Gasteiger partial charge in [0.15, 0.2) is 0 Å². The molecular formula is C17H34N2. The van der Waals surface area contributed by atoms with E-state index in [2.05, 4.69) is 56.7 Å². The second kappa shape index (κ2) is 10.3. The van der Waals surface area contributed by atoms with Gasteiger partial charge in [0.2, 0.25) is 0 Å². The third kappa shape index (κ3) is 4.82. The Morgan fingerprint density at radius 3 is 2.00 bits per heavy atom. The largest absolute Gasteiger partial charge is 0.312 e. The number of nitrogens with one attached hydrogen (secondary N) is 1. The zero-order valence-electron chi connectivity index (χ0n) is 14.0. The zero-order valence-corrected chi connectivity index (χ0v) is 14.0. The Kier molecular flexibility index (Phi) is 10.0. The highest BCUT2D eigenvalue weighted by Gasteiger charge is 2.38. The maximum Gasteiger partial charge on any atom is 0.0357 e. The predicted molar refractivity (Wildman–Crippen MR) is 86.4 cm³/mol. The van der Waals surface area contributed by atoms with E-state index in [0.717, 1.165) is 32.5 Å². The first-order chi connectivity index (χ1) is 9.16. The second-order valence-electron chi connectivity index (χ2n) is 5.06. The molecule has 1 atom stereocenters. The van der Waals surface area contributed by atoms with E-state index < -0.39 is 0 Å². The lowest BCUT2D eigenvalue weighted by molar-refractivity contribution is 0.0472. The summed E-state index contributed by atoms with van der Waals surface area (Å²) in [4.78, 5) is 2.64. The van der Waals surface area contributed by atoms with Crippen molar-refractivity contribution in [2.45, 2.75) is 78.8 Å². The highest BCUT2D eigenvalue weighted by molar-refractivity contribution is 5.02. The minimum Gasteiger partial charge on any atom is -0.312 e. The number of rotatable bonds is 10. The van der Waals surface area contributed by atoms with Crippen molar-refractivity contribution in [3.05, 3.63) is 0 Å². The monoisotopic (exact) mass is 266 g/mol. The van der Waals surface area contributed by atoms with E-state index in [1.807, 2.05) is 6.92 Å². The van der Waals surface area contributed by atoms with Gasteiger partial charge >= 0.3 is 0 Å². The van der Waals surface area contributed by atoms with Gasteiger partial charge in [0.1, 0.15) is 0 Å². The van der Waals surface area contributed by atoms with Gasteiger partial charge in [0.25, 0.3) is 0 Å². The second-order valence-corrected chi connectivity index (χ2v) is 5.06. The molecule has 0 heterocycles. The molecule has 19 heavy (non-hydrogen) atoms. The van der Waals surface area contributed by atoms with E-state index in [0.29, 0.717) is 6.04 Å². The van der Waals surface area contributed by atoms with Gasteiger partial charge in [-0.2, -0.15) is 0 Å². The molecule has 1 N–H and O–H groups in total. The average Bonchev–Trinajstić information content (AvgIpc) is 2.44. The van der Waals surface area contributed by atoms with E-state index >= 15 is 0 Å². The average molecular weight is 266 g/mol. The summed E-state index contributed by atoms with van der Waals surface area (Å²) in [6.45, 7) is 16.6. The van der Waals surface area contributed by atoms with E-state index in [1.54, 1.807) is 0 Å². The van der Waals surface area contributed by atoms with Gasteiger partial charge in [-0.3, -0.25) is 4.90 Å². The molecule has 0 aliphatic rings. The molecule has 0 rings (SSSR count). The predicted octanol–water partition coefficient (Wildman–Crippen LogP) is 3.67. The number of nitrogens with zero attached hydrogens (tertiary/aromatic N) is 1. The number of likely N-dealkylation sites (N-methyl/N-ethyl adjacent to an activating group) is 2. The van der Waals surface area contributed by atoms with Crippen LogP contribution in [-0.2, 0) is 0 Å². The summed E-state index contributed by atoms with van der Waals surface area (Å²) in [5, 5.41) is 3.72. The Morgan fingerprint density at radius 2 is 1.63 bits per heavy atom. The van der Waals surface area contributed by atoms with Crippen molar-refractivity contribution in [1.82, 2.24) is 10.2 Å². The summed E-state index contributed by atoms with van der Waals surface area (Å²) in [5.74, 6) is 6.24. The van der Waals surface area contributed by atoms with Gasteiger partial charge in [0.05, 0.1) is 0 Å². The minimum atomic E-state index is 0.273. The Hall–Kier alpha value is -0.520. The van der Waals surface area contributed by atoms with E-state index in [4.69, 9.17) is 0 Å². The van der Waals surface area contributed by atoms with Crippen molar-refractivity contribution < 1.29 is 0 Å². The van der Waals surface area contributed by atoms with Gasteiger partial charge < -0.3 is 5.32 Å². The van der Waals surface area contributed by atoms with Crippen LogP contribution in [0.3, 0.4) is 0 Å². The Morgan fingerprint density at radius 1 is 1.05 bits per heavy atom. The van der Waals surface area contributed by atoms with E-state index in [-0.39, 0.29) is 5.54 Å². The summed E-state index contributed by atoms with van der Waals surface area (Å²) in [7, 11) is 0. The fraction of sp³-hybridized carbons (Fsp3) is 0.882. The molecule has 2 nitrogen and oxygen atoms in total. The standard InChI is InChI=1S/C17H34N2/c1-7-13-14-15-16(18-10-4)17(8-2,9-3)19(11-5)12-6/h16,18H,8-12,14-15H2,1-6H3. The molecule has 0 aromatic heterocycles. The quantitative estimate of drug-likeness (QED) is 0.607. The van der Waals surface area contributed by atoms with Crippen LogP contribution in [0.4, 0.5) is 0 Å². The molecule has 0 bridgehead atoms. The summed E-state index contributed by atoms with van der Waals surface area (Å²) in [6, 6.07) is 0.535. The normalized spacial score (nSPS) is 13.2. The fourth-order valence-electron chi connectivity index (χ4n) is 3.41. The van der Waals surface area contributed by atoms with Gasteiger partial charge in [-0.15, -0.1) is 11.8 Å². The lowest BCUT2D eigenvalue weighted by Gasteiger charge is -2.48. The molecule has 0 radical (unpaired) electrons. The first-order valence-electron chi connectivity index (χ1n) is 8.04. The third-order valence-electron chi connectivity index (χ3n) is 4.45. The highest BCUT2D eigenvalue weighted by Crippen LogP contribution is 2.30. The fourth-order valence-corrected chi connectivity index (χ4v) is 3.41.